The Balaban J connectivity index is 1.52. The highest BCUT2D eigenvalue weighted by Gasteiger charge is 2.33. The minimum Gasteiger partial charge on any atom is -0.389 e. The van der Waals surface area contributed by atoms with Crippen molar-refractivity contribution in [1.29, 1.82) is 0 Å². The van der Waals surface area contributed by atoms with Crippen molar-refractivity contribution in [2.45, 2.75) is 56.7 Å². The lowest BCUT2D eigenvalue weighted by Gasteiger charge is -2.21. The van der Waals surface area contributed by atoms with Gasteiger partial charge in [-0.3, -0.25) is 4.79 Å². The van der Waals surface area contributed by atoms with E-state index in [1.54, 1.807) is 12.1 Å². The van der Waals surface area contributed by atoms with Gasteiger partial charge < -0.3 is 20.5 Å². The average Bonchev–Trinajstić information content (AvgIpc) is 3.18. The van der Waals surface area contributed by atoms with Crippen molar-refractivity contribution in [2.24, 2.45) is 0 Å². The molecule has 0 radical (unpaired) electrons. The fourth-order valence-corrected chi connectivity index (χ4v) is 3.48. The van der Waals surface area contributed by atoms with Crippen molar-refractivity contribution < 1.29 is 19.0 Å². The van der Waals surface area contributed by atoms with Crippen LogP contribution in [-0.4, -0.2) is 35.9 Å². The summed E-state index contributed by atoms with van der Waals surface area (Å²) in [6.07, 6.45) is 5.44. The monoisotopic (exact) mass is 336 g/mol. The molecule has 1 atom stereocenters. The molecular weight excluding hydrogens is 311 g/mol. The molecule has 0 bridgehead atoms. The van der Waals surface area contributed by atoms with Gasteiger partial charge in [-0.15, -0.1) is 0 Å². The van der Waals surface area contributed by atoms with E-state index in [4.69, 9.17) is 4.74 Å². The molecule has 3 N–H and O–H groups in total. The molecule has 2 fully saturated rings. The lowest BCUT2D eigenvalue weighted by molar-refractivity contribution is -0.120. The minimum absolute atomic E-state index is 0.0631. The second-order valence-electron chi connectivity index (χ2n) is 6.87. The van der Waals surface area contributed by atoms with E-state index in [2.05, 4.69) is 10.6 Å². The summed E-state index contributed by atoms with van der Waals surface area (Å²) in [7, 11) is 0. The molecule has 3 rings (SSSR count). The third-order valence-corrected chi connectivity index (χ3v) is 4.82. The van der Waals surface area contributed by atoms with Gasteiger partial charge in [0.15, 0.2) is 0 Å². The Bertz CT molecular complexity index is 582. The van der Waals surface area contributed by atoms with E-state index in [9.17, 15) is 14.3 Å². The van der Waals surface area contributed by atoms with E-state index in [-0.39, 0.29) is 18.4 Å². The number of hydrogen-bond donors (Lipinski definition) is 3. The van der Waals surface area contributed by atoms with Gasteiger partial charge in [-0.2, -0.15) is 0 Å². The highest BCUT2D eigenvalue weighted by molar-refractivity contribution is 5.91. The van der Waals surface area contributed by atoms with E-state index in [1.807, 2.05) is 0 Å². The van der Waals surface area contributed by atoms with Crippen LogP contribution in [0.5, 0.6) is 0 Å². The number of hydrogen-bond acceptors (Lipinski definition) is 4. The summed E-state index contributed by atoms with van der Waals surface area (Å²) in [6, 6.07) is 4.58. The third-order valence-electron chi connectivity index (χ3n) is 4.82. The number of anilines is 2. The largest absolute Gasteiger partial charge is 0.389 e. The van der Waals surface area contributed by atoms with E-state index in [1.165, 1.54) is 6.07 Å². The van der Waals surface area contributed by atoms with Crippen molar-refractivity contribution in [2.75, 3.05) is 23.8 Å². The normalized spacial score (nSPS) is 22.5. The molecule has 2 aliphatic rings. The summed E-state index contributed by atoms with van der Waals surface area (Å²) in [4.78, 5) is 12.0. The topological polar surface area (TPSA) is 70.6 Å². The number of nitrogens with one attached hydrogen (secondary N) is 2. The molecule has 1 aliphatic heterocycles. The Hall–Kier alpha value is -1.66. The second-order valence-corrected chi connectivity index (χ2v) is 6.87. The first-order chi connectivity index (χ1) is 11.5. The van der Waals surface area contributed by atoms with Gasteiger partial charge in [0.1, 0.15) is 5.82 Å². The SMILES string of the molecule is O=C(CC1(O)CCCC1)Nc1ccc(NCC2CCCO2)c(F)c1. The van der Waals surface area contributed by atoms with E-state index >= 15 is 0 Å². The predicted octanol–water partition coefficient (Wildman–Crippen LogP) is 3.05. The second kappa shape index (κ2) is 7.49. The first-order valence-electron chi connectivity index (χ1n) is 8.71. The highest BCUT2D eigenvalue weighted by atomic mass is 19.1. The van der Waals surface area contributed by atoms with Gasteiger partial charge in [0.05, 0.1) is 23.8 Å². The summed E-state index contributed by atoms with van der Waals surface area (Å²) >= 11 is 0. The smallest absolute Gasteiger partial charge is 0.227 e. The molecule has 1 aromatic rings. The van der Waals surface area contributed by atoms with Crippen LogP contribution in [0.2, 0.25) is 0 Å². The zero-order valence-corrected chi connectivity index (χ0v) is 13.8. The summed E-state index contributed by atoms with van der Waals surface area (Å²) in [5.41, 5.74) is -0.0922. The number of aliphatic hydroxyl groups is 1. The van der Waals surface area contributed by atoms with Gasteiger partial charge in [-0.1, -0.05) is 12.8 Å². The van der Waals surface area contributed by atoms with Crippen molar-refractivity contribution in [3.8, 4) is 0 Å². The Morgan fingerprint density at radius 2 is 2.12 bits per heavy atom. The van der Waals surface area contributed by atoms with Crippen LogP contribution < -0.4 is 10.6 Å². The molecule has 0 spiro atoms. The van der Waals surface area contributed by atoms with Crippen LogP contribution in [-0.2, 0) is 9.53 Å². The van der Waals surface area contributed by atoms with Crippen LogP contribution in [0.25, 0.3) is 0 Å². The van der Waals surface area contributed by atoms with Crippen molar-refractivity contribution >= 4 is 17.3 Å². The van der Waals surface area contributed by atoms with Crippen LogP contribution in [0, 0.1) is 5.82 Å². The molecule has 132 valence electrons. The Labute approximate surface area is 141 Å². The van der Waals surface area contributed by atoms with E-state index < -0.39 is 11.4 Å². The molecule has 1 aliphatic carbocycles. The van der Waals surface area contributed by atoms with Crippen LogP contribution >= 0.6 is 0 Å². The van der Waals surface area contributed by atoms with Gasteiger partial charge in [0.25, 0.3) is 0 Å². The molecule has 1 saturated heterocycles. The molecule has 1 saturated carbocycles. The quantitative estimate of drug-likeness (QED) is 0.747. The lowest BCUT2D eigenvalue weighted by atomic mass is 9.97. The zero-order valence-electron chi connectivity index (χ0n) is 13.8. The molecule has 5 nitrogen and oxygen atoms in total. The molecule has 1 amide bonds. The fraction of sp³-hybridized carbons (Fsp3) is 0.611. The number of ether oxygens (including phenoxy) is 1. The first kappa shape index (κ1) is 17.2. The fourth-order valence-electron chi connectivity index (χ4n) is 3.48. The van der Waals surface area contributed by atoms with Gasteiger partial charge in [0.2, 0.25) is 5.91 Å². The maximum absolute atomic E-state index is 14.2. The lowest BCUT2D eigenvalue weighted by Crippen LogP contribution is -2.30. The van der Waals surface area contributed by atoms with Crippen LogP contribution in [0.15, 0.2) is 18.2 Å². The number of carbonyl (C=O) groups is 1. The molecule has 24 heavy (non-hydrogen) atoms. The van der Waals surface area contributed by atoms with E-state index in [0.717, 1.165) is 32.3 Å². The summed E-state index contributed by atoms with van der Waals surface area (Å²) < 4.78 is 19.6. The van der Waals surface area contributed by atoms with Gasteiger partial charge >= 0.3 is 0 Å². The number of halogens is 1. The highest BCUT2D eigenvalue weighted by Crippen LogP contribution is 2.32. The zero-order chi connectivity index (χ0) is 17.0. The number of benzene rings is 1. The van der Waals surface area contributed by atoms with E-state index in [0.29, 0.717) is 30.8 Å². The standard InChI is InChI=1S/C18H25FN2O3/c19-15-10-13(21-17(22)11-18(23)7-1-2-8-18)5-6-16(15)20-12-14-4-3-9-24-14/h5-6,10,14,20,23H,1-4,7-9,11-12H2,(H,21,22). The third kappa shape index (κ3) is 4.45. The Morgan fingerprint density at radius 3 is 2.79 bits per heavy atom. The van der Waals surface area contributed by atoms with Crippen molar-refractivity contribution in [1.82, 2.24) is 0 Å². The molecule has 0 aromatic heterocycles. The van der Waals surface area contributed by atoms with Crippen molar-refractivity contribution in [3.05, 3.63) is 24.0 Å². The van der Waals surface area contributed by atoms with Crippen molar-refractivity contribution in [3.63, 3.8) is 0 Å². The summed E-state index contributed by atoms with van der Waals surface area (Å²) in [6.45, 7) is 1.35. The van der Waals surface area contributed by atoms with Crippen LogP contribution in [0.4, 0.5) is 15.8 Å². The van der Waals surface area contributed by atoms with Gasteiger partial charge in [-0.05, 0) is 43.9 Å². The maximum atomic E-state index is 14.2. The Morgan fingerprint density at radius 1 is 1.33 bits per heavy atom. The van der Waals surface area contributed by atoms with Gasteiger partial charge in [-0.25, -0.2) is 4.39 Å². The molecule has 1 unspecified atom stereocenters. The molecule has 6 heteroatoms. The first-order valence-corrected chi connectivity index (χ1v) is 8.71. The van der Waals surface area contributed by atoms with Crippen LogP contribution in [0.3, 0.4) is 0 Å². The predicted molar refractivity (Wildman–Crippen MR) is 90.5 cm³/mol. The number of carbonyl (C=O) groups excluding carboxylic acids is 1. The maximum Gasteiger partial charge on any atom is 0.227 e. The minimum atomic E-state index is -0.897. The Kier molecular flexibility index (Phi) is 5.36. The summed E-state index contributed by atoms with van der Waals surface area (Å²) in [5, 5.41) is 16.0. The molecular formula is C18H25FN2O3. The molecule has 1 heterocycles. The average molecular weight is 336 g/mol. The number of amides is 1. The van der Waals surface area contributed by atoms with Crippen LogP contribution in [0.1, 0.15) is 44.9 Å². The summed E-state index contributed by atoms with van der Waals surface area (Å²) in [5.74, 6) is -0.691. The van der Waals surface area contributed by atoms with Gasteiger partial charge in [0, 0.05) is 18.8 Å². The number of rotatable bonds is 6. The molecule has 1 aromatic carbocycles.